The summed E-state index contributed by atoms with van der Waals surface area (Å²) in [7, 11) is 0. The molecule has 1 aliphatic heterocycles. The smallest absolute Gasteiger partial charge is 0.237 e. The summed E-state index contributed by atoms with van der Waals surface area (Å²) in [5.41, 5.74) is 2.29. The summed E-state index contributed by atoms with van der Waals surface area (Å²) in [4.78, 5) is 28.7. The van der Waals surface area contributed by atoms with Gasteiger partial charge in [0.1, 0.15) is 5.75 Å². The van der Waals surface area contributed by atoms with E-state index in [0.717, 1.165) is 37.2 Å². The van der Waals surface area contributed by atoms with Gasteiger partial charge >= 0.3 is 0 Å². The Morgan fingerprint density at radius 3 is 2.52 bits per heavy atom. The first-order chi connectivity index (χ1) is 12.9. The van der Waals surface area contributed by atoms with Crippen molar-refractivity contribution in [2.75, 3.05) is 32.8 Å². The van der Waals surface area contributed by atoms with Crippen LogP contribution in [-0.2, 0) is 9.59 Å². The Morgan fingerprint density at radius 2 is 1.89 bits per heavy atom. The van der Waals surface area contributed by atoms with Crippen molar-refractivity contribution >= 4 is 11.8 Å². The van der Waals surface area contributed by atoms with E-state index in [1.165, 1.54) is 5.56 Å². The van der Waals surface area contributed by atoms with Crippen molar-refractivity contribution in [2.24, 2.45) is 0 Å². The SMILES string of the molecule is Cc1ccc(OCCC(=O)N2CCN(C(C)C(=O)NC3CC3)CC2)c(C)c1. The number of rotatable bonds is 7. The number of benzene rings is 1. The lowest BCUT2D eigenvalue weighted by molar-refractivity contribution is -0.134. The summed E-state index contributed by atoms with van der Waals surface area (Å²) in [5.74, 6) is 1.07. The zero-order chi connectivity index (χ0) is 19.4. The lowest BCUT2D eigenvalue weighted by atomic mass is 10.1. The molecule has 1 aromatic carbocycles. The third-order valence-corrected chi connectivity index (χ3v) is 5.42. The van der Waals surface area contributed by atoms with Crippen LogP contribution in [0.15, 0.2) is 18.2 Å². The first kappa shape index (κ1) is 19.7. The van der Waals surface area contributed by atoms with Gasteiger partial charge in [0.05, 0.1) is 19.1 Å². The molecule has 1 unspecified atom stereocenters. The van der Waals surface area contributed by atoms with E-state index in [1.807, 2.05) is 30.9 Å². The molecule has 1 aromatic rings. The molecule has 1 saturated heterocycles. The van der Waals surface area contributed by atoms with Gasteiger partial charge in [-0.3, -0.25) is 14.5 Å². The lowest BCUT2D eigenvalue weighted by Gasteiger charge is -2.37. The fourth-order valence-corrected chi connectivity index (χ4v) is 3.44. The number of hydrogen-bond acceptors (Lipinski definition) is 4. The maximum absolute atomic E-state index is 12.4. The van der Waals surface area contributed by atoms with Crippen molar-refractivity contribution in [3.63, 3.8) is 0 Å². The molecule has 2 fully saturated rings. The van der Waals surface area contributed by atoms with Crippen molar-refractivity contribution in [1.29, 1.82) is 0 Å². The van der Waals surface area contributed by atoms with Crippen molar-refractivity contribution in [2.45, 2.75) is 52.1 Å². The normalized spacial score (nSPS) is 18.9. The summed E-state index contributed by atoms with van der Waals surface area (Å²) < 4.78 is 5.78. The van der Waals surface area contributed by atoms with Gasteiger partial charge in [-0.25, -0.2) is 0 Å². The second-order valence-electron chi connectivity index (χ2n) is 7.74. The summed E-state index contributed by atoms with van der Waals surface area (Å²) in [6.07, 6.45) is 2.58. The molecule has 1 heterocycles. The average Bonchev–Trinajstić information content (AvgIpc) is 3.47. The number of nitrogens with zero attached hydrogens (tertiary/aromatic N) is 2. The van der Waals surface area contributed by atoms with Crippen LogP contribution >= 0.6 is 0 Å². The predicted octanol–water partition coefficient (Wildman–Crippen LogP) is 1.88. The third kappa shape index (κ3) is 5.45. The van der Waals surface area contributed by atoms with Gasteiger partial charge in [-0.1, -0.05) is 17.7 Å². The molecule has 2 aliphatic rings. The summed E-state index contributed by atoms with van der Waals surface area (Å²) in [6, 6.07) is 6.32. The highest BCUT2D eigenvalue weighted by Crippen LogP contribution is 2.20. The Balaban J connectivity index is 1.38. The number of nitrogens with one attached hydrogen (secondary N) is 1. The van der Waals surface area contributed by atoms with Crippen LogP contribution in [0.2, 0.25) is 0 Å². The van der Waals surface area contributed by atoms with Crippen LogP contribution < -0.4 is 10.1 Å². The van der Waals surface area contributed by atoms with E-state index in [4.69, 9.17) is 4.74 Å². The zero-order valence-electron chi connectivity index (χ0n) is 16.7. The highest BCUT2D eigenvalue weighted by atomic mass is 16.5. The molecule has 27 heavy (non-hydrogen) atoms. The van der Waals surface area contributed by atoms with E-state index in [1.54, 1.807) is 0 Å². The van der Waals surface area contributed by atoms with Crippen LogP contribution in [0.3, 0.4) is 0 Å². The Kier molecular flexibility index (Phi) is 6.37. The van der Waals surface area contributed by atoms with E-state index in [0.29, 0.717) is 32.2 Å². The van der Waals surface area contributed by atoms with Crippen LogP contribution in [0.25, 0.3) is 0 Å². The van der Waals surface area contributed by atoms with Crippen molar-refractivity contribution in [1.82, 2.24) is 15.1 Å². The first-order valence-corrected chi connectivity index (χ1v) is 9.96. The number of aryl methyl sites for hydroxylation is 2. The second-order valence-corrected chi connectivity index (χ2v) is 7.74. The van der Waals surface area contributed by atoms with Gasteiger partial charge in [-0.05, 0) is 45.2 Å². The summed E-state index contributed by atoms with van der Waals surface area (Å²) in [5, 5.41) is 3.06. The van der Waals surface area contributed by atoms with E-state index in [2.05, 4.69) is 23.2 Å². The van der Waals surface area contributed by atoms with E-state index in [-0.39, 0.29) is 17.9 Å². The molecule has 1 atom stereocenters. The van der Waals surface area contributed by atoms with E-state index in [9.17, 15) is 9.59 Å². The topological polar surface area (TPSA) is 61.9 Å². The largest absolute Gasteiger partial charge is 0.493 e. The molecule has 148 valence electrons. The fourth-order valence-electron chi connectivity index (χ4n) is 3.44. The fraction of sp³-hybridized carbons (Fsp3) is 0.619. The first-order valence-electron chi connectivity index (χ1n) is 9.96. The minimum absolute atomic E-state index is 0.110. The highest BCUT2D eigenvalue weighted by Gasteiger charge is 2.30. The Hall–Kier alpha value is -2.08. The Bertz CT molecular complexity index is 679. The number of carbonyl (C=O) groups is 2. The molecular weight excluding hydrogens is 342 g/mol. The average molecular weight is 373 g/mol. The zero-order valence-corrected chi connectivity index (χ0v) is 16.7. The molecule has 0 radical (unpaired) electrons. The van der Waals surface area contributed by atoms with Crippen molar-refractivity contribution in [3.05, 3.63) is 29.3 Å². The lowest BCUT2D eigenvalue weighted by Crippen LogP contribution is -2.55. The molecule has 3 rings (SSSR count). The highest BCUT2D eigenvalue weighted by molar-refractivity contribution is 5.82. The molecule has 1 saturated carbocycles. The van der Waals surface area contributed by atoms with Gasteiger partial charge in [0.2, 0.25) is 11.8 Å². The standard InChI is InChI=1S/C21H31N3O3/c1-15-4-7-19(16(2)14-15)27-13-8-20(25)24-11-9-23(10-12-24)17(3)21(26)22-18-5-6-18/h4,7,14,17-18H,5-6,8-13H2,1-3H3,(H,22,26). The molecule has 1 N–H and O–H groups in total. The maximum atomic E-state index is 12.4. The number of hydrogen-bond donors (Lipinski definition) is 1. The van der Waals surface area contributed by atoms with Gasteiger partial charge in [-0.2, -0.15) is 0 Å². The predicted molar refractivity (Wildman–Crippen MR) is 105 cm³/mol. The van der Waals surface area contributed by atoms with E-state index < -0.39 is 0 Å². The molecule has 6 nitrogen and oxygen atoms in total. The monoisotopic (exact) mass is 373 g/mol. The van der Waals surface area contributed by atoms with E-state index >= 15 is 0 Å². The summed E-state index contributed by atoms with van der Waals surface area (Å²) in [6.45, 7) is 9.23. The Morgan fingerprint density at radius 1 is 1.19 bits per heavy atom. The van der Waals surface area contributed by atoms with Crippen LogP contribution in [0.5, 0.6) is 5.75 Å². The maximum Gasteiger partial charge on any atom is 0.237 e. The van der Waals surface area contributed by atoms with Gasteiger partial charge in [0.15, 0.2) is 0 Å². The molecule has 0 aromatic heterocycles. The van der Waals surface area contributed by atoms with Gasteiger partial charge < -0.3 is 15.0 Å². The number of piperazine rings is 1. The minimum Gasteiger partial charge on any atom is -0.493 e. The van der Waals surface area contributed by atoms with Crippen molar-refractivity contribution < 1.29 is 14.3 Å². The number of carbonyl (C=O) groups excluding carboxylic acids is 2. The van der Waals surface area contributed by atoms with Crippen LogP contribution in [0.1, 0.15) is 37.3 Å². The summed E-state index contributed by atoms with van der Waals surface area (Å²) >= 11 is 0. The molecule has 0 bridgehead atoms. The van der Waals surface area contributed by atoms with Gasteiger partial charge in [-0.15, -0.1) is 0 Å². The third-order valence-electron chi connectivity index (χ3n) is 5.42. The Labute approximate surface area is 161 Å². The van der Waals surface area contributed by atoms with Gasteiger partial charge in [0.25, 0.3) is 0 Å². The van der Waals surface area contributed by atoms with Crippen LogP contribution in [-0.4, -0.2) is 66.5 Å². The molecule has 1 aliphatic carbocycles. The molecule has 0 spiro atoms. The molecule has 6 heteroatoms. The van der Waals surface area contributed by atoms with Gasteiger partial charge in [0, 0.05) is 32.2 Å². The minimum atomic E-state index is -0.129. The number of ether oxygens (including phenoxy) is 1. The number of amides is 2. The molecule has 2 amide bonds. The van der Waals surface area contributed by atoms with Crippen LogP contribution in [0, 0.1) is 13.8 Å². The molecular formula is C21H31N3O3. The quantitative estimate of drug-likeness (QED) is 0.793. The van der Waals surface area contributed by atoms with Crippen molar-refractivity contribution in [3.8, 4) is 5.75 Å². The second kappa shape index (κ2) is 8.74. The van der Waals surface area contributed by atoms with Crippen LogP contribution in [0.4, 0.5) is 0 Å².